The summed E-state index contributed by atoms with van der Waals surface area (Å²) in [4.78, 5) is 30.3. The quantitative estimate of drug-likeness (QED) is 0.284. The zero-order valence-electron chi connectivity index (χ0n) is 11.3. The number of esters is 1. The van der Waals surface area contributed by atoms with Gasteiger partial charge in [-0.15, -0.1) is 0 Å². The van der Waals surface area contributed by atoms with Gasteiger partial charge >= 0.3 is 5.97 Å². The summed E-state index contributed by atoms with van der Waals surface area (Å²) in [5.41, 5.74) is 10.9. The van der Waals surface area contributed by atoms with Crippen molar-refractivity contribution in [2.75, 3.05) is 7.11 Å². The van der Waals surface area contributed by atoms with Crippen molar-refractivity contribution in [2.24, 2.45) is 16.5 Å². The minimum atomic E-state index is -0.685. The van der Waals surface area contributed by atoms with E-state index >= 15 is 0 Å². The number of guanidine groups is 1. The zero-order valence-corrected chi connectivity index (χ0v) is 12.2. The second-order valence-corrected chi connectivity index (χ2v) is 4.99. The molecule has 114 valence electrons. The first kappa shape index (κ1) is 15.4. The van der Waals surface area contributed by atoms with Gasteiger partial charge in [-0.3, -0.25) is 10.1 Å². The smallest absolute Gasteiger partial charge is 0.358 e. The molecule has 0 aliphatic carbocycles. The van der Waals surface area contributed by atoms with Gasteiger partial charge in [-0.25, -0.2) is 9.78 Å². The minimum absolute atomic E-state index is 0.00648. The summed E-state index contributed by atoms with van der Waals surface area (Å²) in [5.74, 6) is -0.898. The number of hydrogen-bond acceptors (Lipinski definition) is 7. The Balaban J connectivity index is 2.60. The number of aliphatic imine (C=N–C) groups is 1. The van der Waals surface area contributed by atoms with Crippen molar-refractivity contribution >= 4 is 34.1 Å². The molecule has 22 heavy (non-hydrogen) atoms. The predicted octanol–water partition coefficient (Wildman–Crippen LogP) is 1.41. The Morgan fingerprint density at radius 1 is 1.45 bits per heavy atom. The Morgan fingerprint density at radius 2 is 2.18 bits per heavy atom. The van der Waals surface area contributed by atoms with E-state index in [1.165, 1.54) is 25.3 Å². The van der Waals surface area contributed by atoms with Gasteiger partial charge in [0.05, 0.1) is 16.9 Å². The first-order chi connectivity index (χ1) is 10.4. The molecule has 1 heterocycles. The Labute approximate surface area is 128 Å². The number of methoxy groups -OCH3 is 1. The molecule has 0 saturated carbocycles. The first-order valence-electron chi connectivity index (χ1n) is 5.86. The number of aromatic nitrogens is 1. The average Bonchev–Trinajstić information content (AvgIpc) is 2.89. The number of nitrogens with two attached hydrogens (primary N) is 2. The van der Waals surface area contributed by atoms with Crippen LogP contribution in [0, 0.1) is 10.1 Å². The molecule has 1 aromatic heterocycles. The maximum Gasteiger partial charge on any atom is 0.358 e. The Hall–Kier alpha value is -3.01. The fraction of sp³-hybridized carbons (Fsp3) is 0.0833. The van der Waals surface area contributed by atoms with Gasteiger partial charge in [0.15, 0.2) is 11.7 Å². The van der Waals surface area contributed by atoms with E-state index in [9.17, 15) is 14.9 Å². The molecule has 0 amide bonds. The van der Waals surface area contributed by atoms with Crippen LogP contribution in [-0.4, -0.2) is 28.9 Å². The van der Waals surface area contributed by atoms with Gasteiger partial charge in [0.2, 0.25) is 5.13 Å². The van der Waals surface area contributed by atoms with E-state index in [2.05, 4.69) is 14.7 Å². The van der Waals surface area contributed by atoms with Crippen molar-refractivity contribution in [3.63, 3.8) is 0 Å². The molecule has 0 aliphatic heterocycles. The Kier molecular flexibility index (Phi) is 4.32. The maximum absolute atomic E-state index is 11.8. The molecule has 0 aliphatic rings. The van der Waals surface area contributed by atoms with Crippen LogP contribution in [-0.2, 0) is 4.74 Å². The monoisotopic (exact) mass is 321 g/mol. The van der Waals surface area contributed by atoms with Gasteiger partial charge in [-0.05, 0) is 0 Å². The van der Waals surface area contributed by atoms with E-state index in [0.717, 1.165) is 11.3 Å². The summed E-state index contributed by atoms with van der Waals surface area (Å²) in [6, 6.07) is 5.80. The minimum Gasteiger partial charge on any atom is -0.464 e. The number of thiazole rings is 1. The Bertz CT molecular complexity index is 767. The summed E-state index contributed by atoms with van der Waals surface area (Å²) in [6.45, 7) is 0. The molecule has 0 bridgehead atoms. The van der Waals surface area contributed by atoms with Gasteiger partial charge < -0.3 is 16.2 Å². The second-order valence-electron chi connectivity index (χ2n) is 4.01. The lowest BCUT2D eigenvalue weighted by molar-refractivity contribution is -0.384. The largest absolute Gasteiger partial charge is 0.464 e. The third kappa shape index (κ3) is 3.17. The van der Waals surface area contributed by atoms with Crippen LogP contribution in [0.25, 0.3) is 10.4 Å². The van der Waals surface area contributed by atoms with Crippen molar-refractivity contribution in [1.29, 1.82) is 0 Å². The highest BCUT2D eigenvalue weighted by atomic mass is 32.1. The first-order valence-corrected chi connectivity index (χ1v) is 6.67. The van der Waals surface area contributed by atoms with E-state index in [0.29, 0.717) is 10.4 Å². The van der Waals surface area contributed by atoms with E-state index in [-0.39, 0.29) is 22.5 Å². The highest BCUT2D eigenvalue weighted by Gasteiger charge is 2.21. The molecular weight excluding hydrogens is 310 g/mol. The molecule has 0 unspecified atom stereocenters. The fourth-order valence-corrected chi connectivity index (χ4v) is 2.60. The van der Waals surface area contributed by atoms with Crippen LogP contribution in [0.5, 0.6) is 0 Å². The van der Waals surface area contributed by atoms with Crippen LogP contribution in [0.15, 0.2) is 29.3 Å². The van der Waals surface area contributed by atoms with Crippen molar-refractivity contribution in [2.45, 2.75) is 0 Å². The van der Waals surface area contributed by atoms with Crippen LogP contribution in [0.2, 0.25) is 0 Å². The molecule has 9 nitrogen and oxygen atoms in total. The molecule has 1 aromatic carbocycles. The highest BCUT2D eigenvalue weighted by Crippen LogP contribution is 2.36. The van der Waals surface area contributed by atoms with Gasteiger partial charge in [0.25, 0.3) is 5.69 Å². The normalized spacial score (nSPS) is 10.0. The molecule has 0 fully saturated rings. The number of nitrogens with zero attached hydrogens (tertiary/aromatic N) is 3. The van der Waals surface area contributed by atoms with Gasteiger partial charge in [-0.1, -0.05) is 23.5 Å². The molecule has 10 heteroatoms. The number of benzene rings is 1. The lowest BCUT2D eigenvalue weighted by Crippen LogP contribution is -2.21. The van der Waals surface area contributed by atoms with E-state index in [1.807, 2.05) is 0 Å². The fourth-order valence-electron chi connectivity index (χ4n) is 1.66. The Morgan fingerprint density at radius 3 is 2.77 bits per heavy atom. The van der Waals surface area contributed by atoms with E-state index in [4.69, 9.17) is 11.5 Å². The SMILES string of the molecule is COC(=O)c1nc(N=C(N)N)sc1-c1cccc([N+](=O)[O-])c1. The average molecular weight is 321 g/mol. The van der Waals surface area contributed by atoms with Gasteiger partial charge in [0, 0.05) is 17.7 Å². The number of hydrogen-bond donors (Lipinski definition) is 2. The van der Waals surface area contributed by atoms with E-state index in [1.54, 1.807) is 6.07 Å². The lowest BCUT2D eigenvalue weighted by atomic mass is 10.1. The molecular formula is C12H11N5O4S. The van der Waals surface area contributed by atoms with Crippen molar-refractivity contribution in [3.8, 4) is 10.4 Å². The van der Waals surface area contributed by atoms with Crippen LogP contribution in [0.1, 0.15) is 10.5 Å². The standard InChI is InChI=1S/C12H11N5O4S/c1-21-10(18)8-9(22-12(15-8)16-11(13)14)6-3-2-4-7(5-6)17(19)20/h2-5H,1H3,(H4,13,14,15,16). The number of rotatable bonds is 4. The van der Waals surface area contributed by atoms with Crippen LogP contribution in [0.3, 0.4) is 0 Å². The van der Waals surface area contributed by atoms with Gasteiger partial charge in [-0.2, -0.15) is 4.99 Å². The van der Waals surface area contributed by atoms with Crippen molar-refractivity contribution in [3.05, 3.63) is 40.1 Å². The third-order valence-corrected chi connectivity index (χ3v) is 3.54. The molecule has 2 aromatic rings. The maximum atomic E-state index is 11.8. The number of carbonyl (C=O) groups excluding carboxylic acids is 1. The summed E-state index contributed by atoms with van der Waals surface area (Å²) in [6.07, 6.45) is 0. The zero-order chi connectivity index (χ0) is 16.3. The van der Waals surface area contributed by atoms with Crippen LogP contribution >= 0.6 is 11.3 Å². The molecule has 4 N–H and O–H groups in total. The van der Waals surface area contributed by atoms with Crippen molar-refractivity contribution < 1.29 is 14.5 Å². The molecule has 0 radical (unpaired) electrons. The number of nitro benzene ring substituents is 1. The van der Waals surface area contributed by atoms with Crippen molar-refractivity contribution in [1.82, 2.24) is 4.98 Å². The molecule has 0 spiro atoms. The summed E-state index contributed by atoms with van der Waals surface area (Å²) >= 11 is 1.02. The number of carbonyl (C=O) groups is 1. The topological polar surface area (TPSA) is 147 Å². The highest BCUT2D eigenvalue weighted by molar-refractivity contribution is 7.19. The molecule has 0 atom stereocenters. The molecule has 2 rings (SSSR count). The van der Waals surface area contributed by atoms with Gasteiger partial charge in [0.1, 0.15) is 0 Å². The number of non-ortho nitro benzene ring substituents is 1. The summed E-state index contributed by atoms with van der Waals surface area (Å²) in [7, 11) is 1.21. The van der Waals surface area contributed by atoms with E-state index < -0.39 is 10.9 Å². The molecule has 0 saturated heterocycles. The lowest BCUT2D eigenvalue weighted by Gasteiger charge is -2.00. The third-order valence-electron chi connectivity index (χ3n) is 2.54. The second kappa shape index (κ2) is 6.18. The number of nitro groups is 1. The number of ether oxygens (including phenoxy) is 1. The summed E-state index contributed by atoms with van der Waals surface area (Å²) < 4.78 is 4.65. The van der Waals surface area contributed by atoms with Crippen LogP contribution < -0.4 is 11.5 Å². The predicted molar refractivity (Wildman–Crippen MR) is 81.0 cm³/mol. The van der Waals surface area contributed by atoms with Crippen LogP contribution in [0.4, 0.5) is 10.8 Å². The summed E-state index contributed by atoms with van der Waals surface area (Å²) in [5, 5.41) is 11.0.